The third-order valence-electron chi connectivity index (χ3n) is 4.30. The largest absolute Gasteiger partial charge is 0.496 e. The van der Waals surface area contributed by atoms with E-state index in [2.05, 4.69) is 4.98 Å². The van der Waals surface area contributed by atoms with Crippen LogP contribution in [0.15, 0.2) is 48.5 Å². The molecule has 27 heavy (non-hydrogen) atoms. The van der Waals surface area contributed by atoms with Gasteiger partial charge in [-0.05, 0) is 31.2 Å². The SMILES string of the molecule is COc1ccccc1C(=O)OCC(=O)N(C)[C@H](C)c1nc2ccccc2s1. The molecule has 2 aromatic carbocycles. The molecule has 1 heterocycles. The molecule has 0 N–H and O–H groups in total. The van der Waals surface area contributed by atoms with Crippen LogP contribution in [-0.2, 0) is 9.53 Å². The highest BCUT2D eigenvalue weighted by molar-refractivity contribution is 7.18. The molecule has 0 saturated carbocycles. The van der Waals surface area contributed by atoms with Gasteiger partial charge in [0.1, 0.15) is 16.3 Å². The van der Waals surface area contributed by atoms with E-state index < -0.39 is 5.97 Å². The van der Waals surface area contributed by atoms with Gasteiger partial charge in [0.25, 0.3) is 5.91 Å². The van der Waals surface area contributed by atoms with Crippen molar-refractivity contribution in [3.05, 3.63) is 59.1 Å². The molecule has 0 aliphatic heterocycles. The molecule has 0 saturated heterocycles. The van der Waals surface area contributed by atoms with Crippen molar-refractivity contribution in [2.24, 2.45) is 0 Å². The van der Waals surface area contributed by atoms with Gasteiger partial charge in [0.05, 0.1) is 23.4 Å². The number of para-hydroxylation sites is 2. The van der Waals surface area contributed by atoms with Crippen molar-refractivity contribution in [1.29, 1.82) is 0 Å². The van der Waals surface area contributed by atoms with Crippen molar-refractivity contribution in [1.82, 2.24) is 9.88 Å². The number of hydrogen-bond acceptors (Lipinski definition) is 6. The van der Waals surface area contributed by atoms with Crippen LogP contribution in [0.4, 0.5) is 0 Å². The van der Waals surface area contributed by atoms with Gasteiger partial charge < -0.3 is 14.4 Å². The highest BCUT2D eigenvalue weighted by Crippen LogP contribution is 2.28. The number of benzene rings is 2. The second-order valence-corrected chi connectivity index (χ2v) is 7.04. The Kier molecular flexibility index (Phi) is 5.71. The number of likely N-dealkylation sites (N-methyl/N-ethyl adjacent to an activating group) is 1. The van der Waals surface area contributed by atoms with Crippen LogP contribution in [0.5, 0.6) is 5.75 Å². The summed E-state index contributed by atoms with van der Waals surface area (Å²) < 4.78 is 11.4. The zero-order chi connectivity index (χ0) is 19.4. The molecule has 0 aliphatic carbocycles. The first kappa shape index (κ1) is 18.8. The predicted octanol–water partition coefficient (Wildman–Crippen LogP) is 3.68. The summed E-state index contributed by atoms with van der Waals surface area (Å²) in [5.41, 5.74) is 1.20. The number of ether oxygens (including phenoxy) is 2. The lowest BCUT2D eigenvalue weighted by Crippen LogP contribution is -2.33. The highest BCUT2D eigenvalue weighted by Gasteiger charge is 2.22. The maximum atomic E-state index is 12.5. The Morgan fingerprint density at radius 3 is 2.59 bits per heavy atom. The fourth-order valence-corrected chi connectivity index (χ4v) is 3.63. The van der Waals surface area contributed by atoms with Crippen molar-refractivity contribution in [3.8, 4) is 5.75 Å². The first-order chi connectivity index (χ1) is 13.0. The summed E-state index contributed by atoms with van der Waals surface area (Å²) in [4.78, 5) is 30.8. The molecule has 0 spiro atoms. The number of esters is 1. The first-order valence-corrected chi connectivity index (χ1v) is 9.24. The van der Waals surface area contributed by atoms with E-state index in [9.17, 15) is 9.59 Å². The minimum absolute atomic E-state index is 0.222. The number of fused-ring (bicyclic) bond motifs is 1. The molecular weight excluding hydrogens is 364 g/mol. The number of nitrogens with zero attached hydrogens (tertiary/aromatic N) is 2. The lowest BCUT2D eigenvalue weighted by Gasteiger charge is -2.23. The van der Waals surface area contributed by atoms with Crippen LogP contribution in [0, 0.1) is 0 Å². The minimum atomic E-state index is -0.596. The number of methoxy groups -OCH3 is 1. The zero-order valence-electron chi connectivity index (χ0n) is 15.3. The molecular formula is C20H20N2O4S. The lowest BCUT2D eigenvalue weighted by molar-refractivity contribution is -0.135. The van der Waals surface area contributed by atoms with Gasteiger partial charge >= 0.3 is 5.97 Å². The molecule has 1 atom stereocenters. The summed E-state index contributed by atoms with van der Waals surface area (Å²) in [6.07, 6.45) is 0. The van der Waals surface area contributed by atoms with Crippen molar-refractivity contribution < 1.29 is 19.1 Å². The minimum Gasteiger partial charge on any atom is -0.496 e. The second-order valence-electron chi connectivity index (χ2n) is 5.98. The van der Waals surface area contributed by atoms with E-state index >= 15 is 0 Å². The molecule has 7 heteroatoms. The van der Waals surface area contributed by atoms with E-state index in [1.54, 1.807) is 42.6 Å². The van der Waals surface area contributed by atoms with E-state index in [1.807, 2.05) is 31.2 Å². The predicted molar refractivity (Wildman–Crippen MR) is 104 cm³/mol. The van der Waals surface area contributed by atoms with Crippen molar-refractivity contribution in [2.45, 2.75) is 13.0 Å². The van der Waals surface area contributed by atoms with E-state index in [4.69, 9.17) is 9.47 Å². The van der Waals surface area contributed by atoms with Gasteiger partial charge in [-0.3, -0.25) is 4.79 Å². The molecule has 0 aliphatic rings. The molecule has 3 aromatic rings. The topological polar surface area (TPSA) is 68.7 Å². The number of carbonyl (C=O) groups excluding carboxylic acids is 2. The molecule has 0 bridgehead atoms. The molecule has 0 radical (unpaired) electrons. The number of amides is 1. The van der Waals surface area contributed by atoms with E-state index in [1.165, 1.54) is 12.0 Å². The Morgan fingerprint density at radius 1 is 1.15 bits per heavy atom. The lowest BCUT2D eigenvalue weighted by atomic mass is 10.2. The Bertz CT molecular complexity index is 936. The summed E-state index contributed by atoms with van der Waals surface area (Å²) in [6, 6.07) is 14.3. The standard InChI is InChI=1S/C20H20N2O4S/c1-13(19-21-15-9-5-7-11-17(15)27-19)22(2)18(23)12-26-20(24)14-8-4-6-10-16(14)25-3/h4-11,13H,12H2,1-3H3/t13-/m1/s1. The van der Waals surface area contributed by atoms with Gasteiger partial charge in [-0.15, -0.1) is 11.3 Å². The Labute approximate surface area is 161 Å². The van der Waals surface area contributed by atoms with Crippen molar-refractivity contribution in [2.75, 3.05) is 20.8 Å². The number of aromatic nitrogens is 1. The van der Waals surface area contributed by atoms with Crippen LogP contribution in [0.3, 0.4) is 0 Å². The normalized spacial score (nSPS) is 11.8. The third kappa shape index (κ3) is 4.09. The van der Waals surface area contributed by atoms with E-state index in [-0.39, 0.29) is 24.1 Å². The van der Waals surface area contributed by atoms with Gasteiger partial charge in [0, 0.05) is 7.05 Å². The quantitative estimate of drug-likeness (QED) is 0.607. The average Bonchev–Trinajstić information content (AvgIpc) is 3.14. The fourth-order valence-electron chi connectivity index (χ4n) is 2.57. The molecule has 3 rings (SSSR count). The van der Waals surface area contributed by atoms with Crippen LogP contribution in [0.1, 0.15) is 28.3 Å². The summed E-state index contributed by atoms with van der Waals surface area (Å²) in [7, 11) is 3.15. The Morgan fingerprint density at radius 2 is 1.85 bits per heavy atom. The number of hydrogen-bond donors (Lipinski definition) is 0. The van der Waals surface area contributed by atoms with Gasteiger partial charge in [-0.1, -0.05) is 24.3 Å². The van der Waals surface area contributed by atoms with Gasteiger partial charge in [-0.25, -0.2) is 9.78 Å². The number of carbonyl (C=O) groups is 2. The number of thiazole rings is 1. The summed E-state index contributed by atoms with van der Waals surface area (Å²) in [5, 5.41) is 0.836. The molecule has 6 nitrogen and oxygen atoms in total. The second kappa shape index (κ2) is 8.18. The van der Waals surface area contributed by atoms with E-state index in [0.29, 0.717) is 5.75 Å². The Hall–Kier alpha value is -2.93. The summed E-state index contributed by atoms with van der Waals surface area (Å²) >= 11 is 1.55. The Balaban J connectivity index is 1.64. The van der Waals surface area contributed by atoms with Gasteiger partial charge in [0.2, 0.25) is 0 Å². The smallest absolute Gasteiger partial charge is 0.342 e. The van der Waals surface area contributed by atoms with Gasteiger partial charge in [0.15, 0.2) is 6.61 Å². The van der Waals surface area contributed by atoms with Crippen LogP contribution in [-0.4, -0.2) is 42.5 Å². The fraction of sp³-hybridized carbons (Fsp3) is 0.250. The van der Waals surface area contributed by atoms with Crippen LogP contribution in [0.2, 0.25) is 0 Å². The molecule has 1 aromatic heterocycles. The molecule has 0 fully saturated rings. The number of rotatable bonds is 6. The van der Waals surface area contributed by atoms with Crippen LogP contribution < -0.4 is 4.74 Å². The molecule has 0 unspecified atom stereocenters. The highest BCUT2D eigenvalue weighted by atomic mass is 32.1. The molecule has 1 amide bonds. The van der Waals surface area contributed by atoms with E-state index in [0.717, 1.165) is 15.2 Å². The van der Waals surface area contributed by atoms with Crippen molar-refractivity contribution in [3.63, 3.8) is 0 Å². The van der Waals surface area contributed by atoms with Gasteiger partial charge in [-0.2, -0.15) is 0 Å². The average molecular weight is 384 g/mol. The summed E-state index contributed by atoms with van der Waals surface area (Å²) in [6.45, 7) is 1.56. The van der Waals surface area contributed by atoms with Crippen LogP contribution in [0.25, 0.3) is 10.2 Å². The maximum absolute atomic E-state index is 12.5. The monoisotopic (exact) mass is 384 g/mol. The third-order valence-corrected chi connectivity index (χ3v) is 5.50. The first-order valence-electron chi connectivity index (χ1n) is 8.42. The van der Waals surface area contributed by atoms with Crippen molar-refractivity contribution >= 4 is 33.4 Å². The molecule has 140 valence electrons. The van der Waals surface area contributed by atoms with Crippen LogP contribution >= 0.6 is 11.3 Å². The summed E-state index contributed by atoms with van der Waals surface area (Å²) in [5.74, 6) is -0.488. The zero-order valence-corrected chi connectivity index (χ0v) is 16.2. The maximum Gasteiger partial charge on any atom is 0.342 e.